The predicted octanol–water partition coefficient (Wildman–Crippen LogP) is 2.44. The van der Waals surface area contributed by atoms with E-state index in [1.165, 1.54) is 12.1 Å². The fourth-order valence-electron chi connectivity index (χ4n) is 3.84. The van der Waals surface area contributed by atoms with E-state index in [0.29, 0.717) is 31.3 Å². The third kappa shape index (κ3) is 6.38. The summed E-state index contributed by atoms with van der Waals surface area (Å²) in [4.78, 5) is 36.8. The number of ether oxygens (including phenoxy) is 1. The van der Waals surface area contributed by atoms with Gasteiger partial charge in [-0.3, -0.25) is 14.9 Å². The third-order valence-corrected chi connectivity index (χ3v) is 5.50. The number of carbonyl (C=O) groups is 3. The van der Waals surface area contributed by atoms with Gasteiger partial charge in [-0.15, -0.1) is 0 Å². The molecule has 1 aromatic rings. The highest BCUT2D eigenvalue weighted by atomic mass is 19.1. The lowest BCUT2D eigenvalue weighted by atomic mass is 9.89. The zero-order chi connectivity index (χ0) is 23.8. The summed E-state index contributed by atoms with van der Waals surface area (Å²) < 4.78 is 34.4. The molecule has 3 N–H and O–H groups in total. The van der Waals surface area contributed by atoms with Crippen LogP contribution in [0.5, 0.6) is 0 Å². The third-order valence-electron chi connectivity index (χ3n) is 5.50. The first-order valence-corrected chi connectivity index (χ1v) is 10.7. The molecule has 0 aromatic heterocycles. The summed E-state index contributed by atoms with van der Waals surface area (Å²) in [6, 6.07) is 2.20. The van der Waals surface area contributed by atoms with Gasteiger partial charge in [-0.05, 0) is 30.9 Å². The van der Waals surface area contributed by atoms with Gasteiger partial charge in [0.25, 0.3) is 0 Å². The number of amides is 3. The van der Waals surface area contributed by atoms with E-state index in [9.17, 15) is 23.2 Å². The monoisotopic (exact) mass is 455 g/mol. The summed E-state index contributed by atoms with van der Waals surface area (Å²) in [7, 11) is 1.00. The molecule has 2 atom stereocenters. The number of hydrogen-bond acceptors (Lipinski definition) is 6. The quantitative estimate of drug-likeness (QED) is 0.545. The summed E-state index contributed by atoms with van der Waals surface area (Å²) in [6.45, 7) is 5.24. The summed E-state index contributed by atoms with van der Waals surface area (Å²) >= 11 is 0. The molecule has 2 heterocycles. The minimum atomic E-state index is -1.02. The first-order valence-electron chi connectivity index (χ1n) is 10.7. The summed E-state index contributed by atoms with van der Waals surface area (Å²) in [5.74, 6) is -3.48. The Balaban J connectivity index is 0.00000176. The van der Waals surface area contributed by atoms with Crippen LogP contribution in [0.25, 0.3) is 0 Å². The highest BCUT2D eigenvalue weighted by Gasteiger charge is 2.34. The van der Waals surface area contributed by atoms with Crippen molar-refractivity contribution >= 4 is 23.6 Å². The maximum atomic E-state index is 14.6. The summed E-state index contributed by atoms with van der Waals surface area (Å²) in [5, 5.41) is 11.9. The van der Waals surface area contributed by atoms with Crippen LogP contribution in [-0.4, -0.2) is 55.9 Å². The minimum absolute atomic E-state index is 0.0455. The number of imide groups is 1. The second-order valence-electron chi connectivity index (χ2n) is 8.07. The van der Waals surface area contributed by atoms with Crippen molar-refractivity contribution in [2.45, 2.75) is 51.5 Å². The number of alkyl carbamates (subject to hydrolysis) is 1. The highest BCUT2D eigenvalue weighted by molar-refractivity contribution is 6.01. The van der Waals surface area contributed by atoms with Crippen LogP contribution in [-0.2, 0) is 14.3 Å². The molecule has 2 aliphatic heterocycles. The number of anilines is 1. The van der Waals surface area contributed by atoms with Crippen molar-refractivity contribution in [1.82, 2.24) is 10.6 Å². The van der Waals surface area contributed by atoms with Gasteiger partial charge in [-0.1, -0.05) is 20.3 Å². The molecule has 1 aromatic carbocycles. The molecule has 3 amide bonds. The van der Waals surface area contributed by atoms with E-state index in [2.05, 4.69) is 17.6 Å². The van der Waals surface area contributed by atoms with Crippen molar-refractivity contribution in [3.8, 4) is 0 Å². The Morgan fingerprint density at radius 1 is 1.28 bits per heavy atom. The number of carbonyl (C=O) groups excluding carboxylic acids is 3. The van der Waals surface area contributed by atoms with Gasteiger partial charge in [0, 0.05) is 37.9 Å². The molecule has 2 aliphatic rings. The molecule has 178 valence electrons. The van der Waals surface area contributed by atoms with Crippen LogP contribution in [0.1, 0.15) is 51.0 Å². The highest BCUT2D eigenvalue weighted by Crippen LogP contribution is 2.33. The number of benzene rings is 1. The maximum Gasteiger partial charge on any atom is 0.407 e. The van der Waals surface area contributed by atoms with Gasteiger partial charge in [0.1, 0.15) is 11.6 Å². The Labute approximate surface area is 186 Å². The Kier molecular flexibility index (Phi) is 9.37. The van der Waals surface area contributed by atoms with E-state index in [0.717, 1.165) is 20.0 Å². The minimum Gasteiger partial charge on any atom is -0.449 e. The van der Waals surface area contributed by atoms with Gasteiger partial charge in [-0.25, -0.2) is 13.6 Å². The van der Waals surface area contributed by atoms with Crippen LogP contribution in [0, 0.1) is 17.6 Å². The smallest absolute Gasteiger partial charge is 0.407 e. The SMILES string of the molecule is CCCC(C)COC(=O)NC1CN(c2cc(F)c(C3CCC(=O)NC3=O)c(F)c2)C1.CO. The van der Waals surface area contributed by atoms with Gasteiger partial charge in [0.05, 0.1) is 18.6 Å². The summed E-state index contributed by atoms with van der Waals surface area (Å²) in [6.07, 6.45) is 1.64. The molecule has 0 radical (unpaired) electrons. The van der Waals surface area contributed by atoms with Crippen molar-refractivity contribution in [3.05, 3.63) is 29.3 Å². The number of aliphatic hydroxyl groups excluding tert-OH is 1. The van der Waals surface area contributed by atoms with Crippen molar-refractivity contribution in [2.75, 3.05) is 31.7 Å². The molecule has 10 heteroatoms. The average Bonchev–Trinajstić information content (AvgIpc) is 2.71. The van der Waals surface area contributed by atoms with Crippen LogP contribution in [0.2, 0.25) is 0 Å². The lowest BCUT2D eigenvalue weighted by Crippen LogP contribution is -2.59. The summed E-state index contributed by atoms with van der Waals surface area (Å²) in [5.41, 5.74) is 0.0211. The fourth-order valence-corrected chi connectivity index (χ4v) is 3.84. The van der Waals surface area contributed by atoms with Gasteiger partial charge >= 0.3 is 6.09 Å². The Morgan fingerprint density at radius 3 is 2.47 bits per heavy atom. The Morgan fingerprint density at radius 2 is 1.91 bits per heavy atom. The van der Waals surface area contributed by atoms with E-state index in [1.54, 1.807) is 4.90 Å². The van der Waals surface area contributed by atoms with E-state index < -0.39 is 35.5 Å². The van der Waals surface area contributed by atoms with Gasteiger partial charge < -0.3 is 20.1 Å². The average molecular weight is 456 g/mol. The van der Waals surface area contributed by atoms with E-state index in [4.69, 9.17) is 9.84 Å². The molecule has 2 saturated heterocycles. The second-order valence-corrected chi connectivity index (χ2v) is 8.07. The predicted molar refractivity (Wildman–Crippen MR) is 114 cm³/mol. The first-order chi connectivity index (χ1) is 15.3. The number of hydrogen-bond donors (Lipinski definition) is 3. The van der Waals surface area contributed by atoms with E-state index >= 15 is 0 Å². The molecule has 0 aliphatic carbocycles. The fraction of sp³-hybridized carbons (Fsp3) is 0.591. The zero-order valence-electron chi connectivity index (χ0n) is 18.6. The van der Waals surface area contributed by atoms with E-state index in [-0.39, 0.29) is 24.4 Å². The molecule has 0 saturated carbocycles. The van der Waals surface area contributed by atoms with Crippen molar-refractivity contribution < 1.29 is 33.0 Å². The van der Waals surface area contributed by atoms with Gasteiger partial charge in [0.15, 0.2) is 0 Å². The molecular weight excluding hydrogens is 424 g/mol. The topological polar surface area (TPSA) is 108 Å². The van der Waals surface area contributed by atoms with Crippen LogP contribution in [0.15, 0.2) is 12.1 Å². The van der Waals surface area contributed by atoms with Crippen LogP contribution in [0.3, 0.4) is 0 Å². The van der Waals surface area contributed by atoms with Gasteiger partial charge in [-0.2, -0.15) is 0 Å². The van der Waals surface area contributed by atoms with Crippen LogP contribution < -0.4 is 15.5 Å². The van der Waals surface area contributed by atoms with Crippen molar-refractivity contribution in [3.63, 3.8) is 0 Å². The Bertz CT molecular complexity index is 807. The molecule has 8 nitrogen and oxygen atoms in total. The molecule has 0 bridgehead atoms. The van der Waals surface area contributed by atoms with Crippen LogP contribution >= 0.6 is 0 Å². The first kappa shape index (κ1) is 25.5. The van der Waals surface area contributed by atoms with Crippen molar-refractivity contribution in [2.24, 2.45) is 5.92 Å². The Hall–Kier alpha value is -2.75. The number of nitrogens with one attached hydrogen (secondary N) is 2. The molecule has 0 spiro atoms. The molecule has 2 unspecified atom stereocenters. The maximum absolute atomic E-state index is 14.6. The largest absolute Gasteiger partial charge is 0.449 e. The molecular formula is C22H31F2N3O5. The molecule has 3 rings (SSSR count). The molecule has 2 fully saturated rings. The van der Waals surface area contributed by atoms with Gasteiger partial charge in [0.2, 0.25) is 11.8 Å². The number of nitrogens with zero attached hydrogens (tertiary/aromatic N) is 1. The van der Waals surface area contributed by atoms with E-state index in [1.807, 2.05) is 6.92 Å². The number of piperidine rings is 1. The lowest BCUT2D eigenvalue weighted by Gasteiger charge is -2.41. The molecule has 32 heavy (non-hydrogen) atoms. The number of rotatable bonds is 7. The normalized spacial score (nSPS) is 19.3. The van der Waals surface area contributed by atoms with Crippen LogP contribution in [0.4, 0.5) is 19.3 Å². The zero-order valence-corrected chi connectivity index (χ0v) is 18.6. The standard InChI is InChI=1S/C21H27F2N3O4.CH4O/c1-3-4-12(2)11-30-21(29)24-13-9-26(10-13)14-7-16(22)19(17(23)8-14)15-5-6-18(27)25-20(15)28;1-2/h7-8,12-13,15H,3-6,9-11H2,1-2H3,(H,24,29)(H,25,27,28);2H,1H3. The number of aliphatic hydroxyl groups is 1. The van der Waals surface area contributed by atoms with Crippen molar-refractivity contribution in [1.29, 1.82) is 0 Å². The number of halogens is 2. The second kappa shape index (κ2) is 11.8. The lowest BCUT2D eigenvalue weighted by molar-refractivity contribution is -0.134.